The van der Waals surface area contributed by atoms with E-state index < -0.39 is 0 Å². The van der Waals surface area contributed by atoms with E-state index in [9.17, 15) is 0 Å². The maximum atomic E-state index is 6.13. The number of halogens is 4. The lowest BCUT2D eigenvalue weighted by Gasteiger charge is -2.10. The summed E-state index contributed by atoms with van der Waals surface area (Å²) in [5.74, 6) is 0. The fourth-order valence-corrected chi connectivity index (χ4v) is 2.92. The van der Waals surface area contributed by atoms with Crippen LogP contribution in [-0.2, 0) is 6.54 Å². The maximum absolute atomic E-state index is 6.13. The number of nitrogens with one attached hydrogen (secondary N) is 1. The SMILES string of the molecule is Clc1ccc(NCc2cc(Br)ccc2Cl)c(Br)c1. The Bertz CT molecular complexity index is 573. The van der Waals surface area contributed by atoms with Crippen molar-refractivity contribution in [3.05, 3.63) is 61.0 Å². The van der Waals surface area contributed by atoms with Crippen molar-refractivity contribution < 1.29 is 0 Å². The molecule has 0 aliphatic carbocycles. The van der Waals surface area contributed by atoms with Gasteiger partial charge in [0.25, 0.3) is 0 Å². The molecule has 1 N–H and O–H groups in total. The van der Waals surface area contributed by atoms with E-state index in [2.05, 4.69) is 37.2 Å². The van der Waals surface area contributed by atoms with E-state index in [4.69, 9.17) is 23.2 Å². The smallest absolute Gasteiger partial charge is 0.0488 e. The van der Waals surface area contributed by atoms with Crippen molar-refractivity contribution in [2.24, 2.45) is 0 Å². The van der Waals surface area contributed by atoms with E-state index in [0.717, 1.165) is 25.2 Å². The number of benzene rings is 2. The van der Waals surface area contributed by atoms with Crippen LogP contribution in [0.3, 0.4) is 0 Å². The molecule has 0 unspecified atom stereocenters. The lowest BCUT2D eigenvalue weighted by molar-refractivity contribution is 1.14. The van der Waals surface area contributed by atoms with Crippen molar-refractivity contribution in [3.63, 3.8) is 0 Å². The maximum Gasteiger partial charge on any atom is 0.0488 e. The molecule has 5 heteroatoms. The van der Waals surface area contributed by atoms with Crippen LogP contribution in [0.25, 0.3) is 0 Å². The van der Waals surface area contributed by atoms with Crippen LogP contribution in [0, 0.1) is 0 Å². The highest BCUT2D eigenvalue weighted by atomic mass is 79.9. The van der Waals surface area contributed by atoms with E-state index in [1.165, 1.54) is 0 Å². The highest BCUT2D eigenvalue weighted by Gasteiger charge is 2.04. The molecule has 0 fully saturated rings. The summed E-state index contributed by atoms with van der Waals surface area (Å²) in [7, 11) is 0. The van der Waals surface area contributed by atoms with Crippen LogP contribution in [-0.4, -0.2) is 0 Å². The van der Waals surface area contributed by atoms with Gasteiger partial charge in [0.05, 0.1) is 0 Å². The summed E-state index contributed by atoms with van der Waals surface area (Å²) in [6.45, 7) is 0.651. The van der Waals surface area contributed by atoms with Crippen molar-refractivity contribution in [1.29, 1.82) is 0 Å². The minimum absolute atomic E-state index is 0.651. The van der Waals surface area contributed by atoms with Gasteiger partial charge in [0, 0.05) is 31.2 Å². The molecule has 0 saturated heterocycles. The molecular formula is C13H9Br2Cl2N. The van der Waals surface area contributed by atoms with Crippen molar-refractivity contribution in [2.75, 3.05) is 5.32 Å². The van der Waals surface area contributed by atoms with Gasteiger partial charge in [-0.05, 0) is 57.9 Å². The third kappa shape index (κ3) is 3.64. The van der Waals surface area contributed by atoms with E-state index in [1.807, 2.05) is 36.4 Å². The van der Waals surface area contributed by atoms with Gasteiger partial charge in [-0.25, -0.2) is 0 Å². The topological polar surface area (TPSA) is 12.0 Å². The van der Waals surface area contributed by atoms with Crippen LogP contribution in [0.5, 0.6) is 0 Å². The fourth-order valence-electron chi connectivity index (χ4n) is 1.50. The highest BCUT2D eigenvalue weighted by molar-refractivity contribution is 9.10. The number of hydrogen-bond donors (Lipinski definition) is 1. The molecule has 0 heterocycles. The summed E-state index contributed by atoms with van der Waals surface area (Å²) in [6, 6.07) is 11.4. The lowest BCUT2D eigenvalue weighted by Crippen LogP contribution is -2.00. The minimum atomic E-state index is 0.651. The summed E-state index contributed by atoms with van der Waals surface area (Å²) in [5.41, 5.74) is 2.02. The normalized spacial score (nSPS) is 10.4. The molecule has 0 spiro atoms. The molecule has 94 valence electrons. The lowest BCUT2D eigenvalue weighted by atomic mass is 10.2. The quantitative estimate of drug-likeness (QED) is 0.642. The van der Waals surface area contributed by atoms with Gasteiger partial charge < -0.3 is 5.32 Å². The van der Waals surface area contributed by atoms with Crippen molar-refractivity contribution in [3.8, 4) is 0 Å². The predicted molar refractivity (Wildman–Crippen MR) is 85.6 cm³/mol. The third-order valence-corrected chi connectivity index (χ3v) is 4.16. The number of hydrogen-bond acceptors (Lipinski definition) is 1. The predicted octanol–water partition coefficient (Wildman–Crippen LogP) is 6.13. The standard InChI is InChI=1S/C13H9Br2Cl2N/c14-9-1-3-12(17)8(5-9)7-18-13-4-2-10(16)6-11(13)15/h1-6,18H,7H2. The van der Waals surface area contributed by atoms with Crippen LogP contribution in [0.4, 0.5) is 5.69 Å². The van der Waals surface area contributed by atoms with Crippen LogP contribution >= 0.6 is 55.1 Å². The molecule has 0 amide bonds. The second-order valence-corrected chi connectivity index (χ2v) is 6.33. The van der Waals surface area contributed by atoms with Gasteiger partial charge in [0.15, 0.2) is 0 Å². The Morgan fingerprint density at radius 3 is 2.50 bits per heavy atom. The van der Waals surface area contributed by atoms with Crippen LogP contribution in [0.15, 0.2) is 45.3 Å². The Hall–Kier alpha value is -0.220. The molecule has 0 bridgehead atoms. The number of rotatable bonds is 3. The van der Waals surface area contributed by atoms with E-state index in [-0.39, 0.29) is 0 Å². The molecule has 0 atom stereocenters. The molecule has 0 radical (unpaired) electrons. The molecule has 2 aromatic rings. The summed E-state index contributed by atoms with van der Waals surface area (Å²) >= 11 is 18.9. The van der Waals surface area contributed by atoms with Crippen LogP contribution < -0.4 is 5.32 Å². The first-order valence-corrected chi connectivity index (χ1v) is 7.53. The van der Waals surface area contributed by atoms with Gasteiger partial charge in [0.2, 0.25) is 0 Å². The first-order chi connectivity index (χ1) is 8.56. The summed E-state index contributed by atoms with van der Waals surface area (Å²) in [5, 5.41) is 4.76. The van der Waals surface area contributed by atoms with Gasteiger partial charge in [0.1, 0.15) is 0 Å². The zero-order valence-corrected chi connectivity index (χ0v) is 13.9. The van der Waals surface area contributed by atoms with Crippen LogP contribution in [0.1, 0.15) is 5.56 Å². The zero-order chi connectivity index (χ0) is 13.1. The van der Waals surface area contributed by atoms with Gasteiger partial charge in [-0.15, -0.1) is 0 Å². The van der Waals surface area contributed by atoms with Gasteiger partial charge >= 0.3 is 0 Å². The Morgan fingerprint density at radius 1 is 1.00 bits per heavy atom. The average Bonchev–Trinajstić information content (AvgIpc) is 2.32. The van der Waals surface area contributed by atoms with E-state index in [1.54, 1.807) is 0 Å². The molecule has 0 saturated carbocycles. The Balaban J connectivity index is 2.13. The molecular weight excluding hydrogens is 401 g/mol. The van der Waals surface area contributed by atoms with Gasteiger partial charge in [-0.3, -0.25) is 0 Å². The van der Waals surface area contributed by atoms with E-state index in [0.29, 0.717) is 11.6 Å². The second-order valence-electron chi connectivity index (χ2n) is 3.71. The van der Waals surface area contributed by atoms with Crippen molar-refractivity contribution in [2.45, 2.75) is 6.54 Å². The minimum Gasteiger partial charge on any atom is -0.380 e. The third-order valence-electron chi connectivity index (χ3n) is 2.41. The first-order valence-electron chi connectivity index (χ1n) is 5.19. The summed E-state index contributed by atoms with van der Waals surface area (Å²) in [4.78, 5) is 0. The molecule has 0 aliphatic heterocycles. The van der Waals surface area contributed by atoms with Crippen molar-refractivity contribution >= 4 is 60.7 Å². The summed E-state index contributed by atoms with van der Waals surface area (Å²) < 4.78 is 1.94. The molecule has 2 rings (SSSR count). The fraction of sp³-hybridized carbons (Fsp3) is 0.0769. The molecule has 1 nitrogen and oxygen atoms in total. The molecule has 0 aliphatic rings. The van der Waals surface area contributed by atoms with E-state index >= 15 is 0 Å². The Morgan fingerprint density at radius 2 is 1.78 bits per heavy atom. The molecule has 0 aromatic heterocycles. The van der Waals surface area contributed by atoms with Crippen molar-refractivity contribution in [1.82, 2.24) is 0 Å². The zero-order valence-electron chi connectivity index (χ0n) is 9.18. The number of anilines is 1. The average molecular weight is 410 g/mol. The molecule has 18 heavy (non-hydrogen) atoms. The monoisotopic (exact) mass is 407 g/mol. The van der Waals surface area contributed by atoms with Gasteiger partial charge in [-0.1, -0.05) is 39.1 Å². The highest BCUT2D eigenvalue weighted by Crippen LogP contribution is 2.27. The van der Waals surface area contributed by atoms with Crippen LogP contribution in [0.2, 0.25) is 10.0 Å². The summed E-state index contributed by atoms with van der Waals surface area (Å²) in [6.07, 6.45) is 0. The largest absolute Gasteiger partial charge is 0.380 e. The van der Waals surface area contributed by atoms with Gasteiger partial charge in [-0.2, -0.15) is 0 Å². The first kappa shape index (κ1) is 14.2. The second kappa shape index (κ2) is 6.29. The Kier molecular flexibility index (Phi) is 4.96. The Labute approximate surface area is 133 Å². The molecule has 2 aromatic carbocycles.